The molecule has 0 radical (unpaired) electrons. The molecule has 2 aromatic heterocycles. The molecule has 8 heteroatoms. The Morgan fingerprint density at radius 1 is 1.29 bits per heavy atom. The lowest BCUT2D eigenvalue weighted by molar-refractivity contribution is 0.473. The number of aryl methyl sites for hydroxylation is 4. The van der Waals surface area contributed by atoms with Gasteiger partial charge in [-0.15, -0.1) is 24.0 Å². The van der Waals surface area contributed by atoms with Crippen LogP contribution in [0.2, 0.25) is 0 Å². The SMILES string of the molecule is CCNC(=NCc1nc(C)c(C)o1)NCCCc1cn[nH]c1C.I. The zero-order valence-corrected chi connectivity index (χ0v) is 17.1. The van der Waals surface area contributed by atoms with Crippen molar-refractivity contribution in [2.45, 2.75) is 47.1 Å². The molecule has 2 aromatic rings. The minimum Gasteiger partial charge on any atom is -0.444 e. The molecule has 0 aliphatic heterocycles. The van der Waals surface area contributed by atoms with Gasteiger partial charge in [0.1, 0.15) is 12.3 Å². The molecular weight excluding hydrogens is 419 g/mol. The molecule has 7 nitrogen and oxygen atoms in total. The monoisotopic (exact) mass is 446 g/mol. The van der Waals surface area contributed by atoms with Gasteiger partial charge < -0.3 is 15.1 Å². The largest absolute Gasteiger partial charge is 0.444 e. The summed E-state index contributed by atoms with van der Waals surface area (Å²) in [4.78, 5) is 8.85. The van der Waals surface area contributed by atoms with Crippen molar-refractivity contribution in [1.82, 2.24) is 25.8 Å². The highest BCUT2D eigenvalue weighted by molar-refractivity contribution is 14.0. The predicted molar refractivity (Wildman–Crippen MR) is 106 cm³/mol. The van der Waals surface area contributed by atoms with E-state index in [1.165, 1.54) is 5.56 Å². The summed E-state index contributed by atoms with van der Waals surface area (Å²) in [6.07, 6.45) is 3.90. The van der Waals surface area contributed by atoms with E-state index in [0.717, 1.165) is 49.0 Å². The van der Waals surface area contributed by atoms with E-state index in [-0.39, 0.29) is 24.0 Å². The summed E-state index contributed by atoms with van der Waals surface area (Å²) in [5, 5.41) is 13.6. The van der Waals surface area contributed by atoms with E-state index in [9.17, 15) is 0 Å². The van der Waals surface area contributed by atoms with Crippen LogP contribution >= 0.6 is 24.0 Å². The summed E-state index contributed by atoms with van der Waals surface area (Å²) in [7, 11) is 0. The van der Waals surface area contributed by atoms with Gasteiger partial charge in [-0.25, -0.2) is 9.98 Å². The maximum absolute atomic E-state index is 5.55. The molecule has 0 saturated carbocycles. The highest BCUT2D eigenvalue weighted by atomic mass is 127. The Morgan fingerprint density at radius 3 is 2.67 bits per heavy atom. The van der Waals surface area contributed by atoms with E-state index in [4.69, 9.17) is 4.42 Å². The van der Waals surface area contributed by atoms with Crippen LogP contribution in [0.25, 0.3) is 0 Å². The minimum absolute atomic E-state index is 0. The molecule has 0 unspecified atom stereocenters. The number of oxazole rings is 1. The molecule has 0 aliphatic carbocycles. The molecule has 0 spiro atoms. The lowest BCUT2D eigenvalue weighted by Crippen LogP contribution is -2.37. The molecule has 2 heterocycles. The second kappa shape index (κ2) is 10.3. The van der Waals surface area contributed by atoms with Crippen LogP contribution in [0.1, 0.15) is 41.9 Å². The van der Waals surface area contributed by atoms with Crippen LogP contribution < -0.4 is 10.6 Å². The predicted octanol–water partition coefficient (Wildman–Crippen LogP) is 2.63. The van der Waals surface area contributed by atoms with Crippen molar-refractivity contribution in [3.63, 3.8) is 0 Å². The van der Waals surface area contributed by atoms with Gasteiger partial charge in [0.05, 0.1) is 11.9 Å². The van der Waals surface area contributed by atoms with Crippen molar-refractivity contribution < 1.29 is 4.42 Å². The quantitative estimate of drug-likeness (QED) is 0.263. The first-order chi connectivity index (χ1) is 11.1. The first-order valence-electron chi connectivity index (χ1n) is 8.04. The van der Waals surface area contributed by atoms with E-state index in [2.05, 4.69) is 30.8 Å². The number of aromatic amines is 1. The Morgan fingerprint density at radius 2 is 2.08 bits per heavy atom. The first kappa shape index (κ1) is 20.5. The number of aromatic nitrogens is 3. The molecule has 0 aliphatic rings. The van der Waals surface area contributed by atoms with Crippen molar-refractivity contribution in [2.24, 2.45) is 4.99 Å². The minimum atomic E-state index is 0. The van der Waals surface area contributed by atoms with Crippen LogP contribution in [-0.4, -0.2) is 34.2 Å². The van der Waals surface area contributed by atoms with Crippen LogP contribution in [-0.2, 0) is 13.0 Å². The van der Waals surface area contributed by atoms with Crippen molar-refractivity contribution in [1.29, 1.82) is 0 Å². The average Bonchev–Trinajstić information content (AvgIpc) is 3.07. The number of guanidine groups is 1. The van der Waals surface area contributed by atoms with Gasteiger partial charge in [0, 0.05) is 18.8 Å². The summed E-state index contributed by atoms with van der Waals surface area (Å²) in [5.41, 5.74) is 3.32. The summed E-state index contributed by atoms with van der Waals surface area (Å²) < 4.78 is 5.55. The molecule has 134 valence electrons. The van der Waals surface area contributed by atoms with E-state index >= 15 is 0 Å². The molecule has 0 aromatic carbocycles. The summed E-state index contributed by atoms with van der Waals surface area (Å²) in [5.74, 6) is 2.28. The second-order valence-corrected chi connectivity index (χ2v) is 5.49. The van der Waals surface area contributed by atoms with Gasteiger partial charge in [-0.3, -0.25) is 5.10 Å². The third-order valence-electron chi connectivity index (χ3n) is 3.64. The topological polar surface area (TPSA) is 91.1 Å². The van der Waals surface area contributed by atoms with E-state index < -0.39 is 0 Å². The number of nitrogens with one attached hydrogen (secondary N) is 3. The van der Waals surface area contributed by atoms with Crippen LogP contribution in [0.5, 0.6) is 0 Å². The van der Waals surface area contributed by atoms with Crippen molar-refractivity contribution in [2.75, 3.05) is 13.1 Å². The highest BCUT2D eigenvalue weighted by Crippen LogP contribution is 2.09. The maximum atomic E-state index is 5.55. The van der Waals surface area contributed by atoms with E-state index in [1.807, 2.05) is 33.9 Å². The fourth-order valence-electron chi connectivity index (χ4n) is 2.21. The number of hydrogen-bond donors (Lipinski definition) is 3. The number of aliphatic imine (C=N–C) groups is 1. The first-order valence-corrected chi connectivity index (χ1v) is 8.04. The summed E-state index contributed by atoms with van der Waals surface area (Å²) >= 11 is 0. The molecule has 24 heavy (non-hydrogen) atoms. The van der Waals surface area contributed by atoms with E-state index in [0.29, 0.717) is 12.4 Å². The van der Waals surface area contributed by atoms with E-state index in [1.54, 1.807) is 0 Å². The standard InChI is InChI=1S/C16H26N6O.HI/c1-5-17-16(19-10-15-21-11(2)13(4)23-15)18-8-6-7-14-9-20-22-12(14)3;/h9H,5-8,10H2,1-4H3,(H,20,22)(H2,17,18,19);1H. The number of rotatable bonds is 7. The zero-order valence-electron chi connectivity index (χ0n) is 14.8. The fraction of sp³-hybridized carbons (Fsp3) is 0.562. The maximum Gasteiger partial charge on any atom is 0.216 e. The Bertz CT molecular complexity index is 629. The number of H-pyrrole nitrogens is 1. The smallest absolute Gasteiger partial charge is 0.216 e. The molecule has 0 amide bonds. The van der Waals surface area contributed by atoms with Crippen LogP contribution in [0.15, 0.2) is 15.6 Å². The Hall–Kier alpha value is -1.58. The lowest BCUT2D eigenvalue weighted by atomic mass is 10.1. The van der Waals surface area contributed by atoms with Gasteiger partial charge in [0.2, 0.25) is 5.89 Å². The Labute approximate surface area is 160 Å². The molecular formula is C16H27IN6O. The Balaban J connectivity index is 0.00000288. The third kappa shape index (κ3) is 6.14. The molecule has 0 fully saturated rings. The molecule has 0 bridgehead atoms. The van der Waals surface area contributed by atoms with Crippen LogP contribution in [0.3, 0.4) is 0 Å². The number of hydrogen-bond acceptors (Lipinski definition) is 4. The summed E-state index contributed by atoms with van der Waals surface area (Å²) in [6.45, 7) is 10.0. The molecule has 0 atom stereocenters. The zero-order chi connectivity index (χ0) is 16.7. The van der Waals surface area contributed by atoms with Crippen molar-refractivity contribution >= 4 is 29.9 Å². The van der Waals surface area contributed by atoms with Crippen molar-refractivity contribution in [3.05, 3.63) is 34.8 Å². The lowest BCUT2D eigenvalue weighted by Gasteiger charge is -2.10. The van der Waals surface area contributed by atoms with Crippen LogP contribution in [0, 0.1) is 20.8 Å². The fourth-order valence-corrected chi connectivity index (χ4v) is 2.21. The van der Waals surface area contributed by atoms with Gasteiger partial charge in [0.25, 0.3) is 0 Å². The average molecular weight is 446 g/mol. The van der Waals surface area contributed by atoms with Gasteiger partial charge in [-0.2, -0.15) is 5.10 Å². The molecule has 0 saturated heterocycles. The number of nitrogens with zero attached hydrogens (tertiary/aromatic N) is 3. The van der Waals surface area contributed by atoms with Crippen LogP contribution in [0.4, 0.5) is 0 Å². The third-order valence-corrected chi connectivity index (χ3v) is 3.64. The highest BCUT2D eigenvalue weighted by Gasteiger charge is 2.05. The number of halogens is 1. The van der Waals surface area contributed by atoms with Gasteiger partial charge in [0.15, 0.2) is 5.96 Å². The normalized spacial score (nSPS) is 11.2. The Kier molecular flexibility index (Phi) is 8.80. The van der Waals surface area contributed by atoms with Crippen molar-refractivity contribution in [3.8, 4) is 0 Å². The van der Waals surface area contributed by atoms with Gasteiger partial charge >= 0.3 is 0 Å². The van der Waals surface area contributed by atoms with Gasteiger partial charge in [-0.1, -0.05) is 0 Å². The second-order valence-electron chi connectivity index (χ2n) is 5.49. The molecule has 2 rings (SSSR count). The van der Waals surface area contributed by atoms with Gasteiger partial charge in [-0.05, 0) is 46.1 Å². The molecule has 3 N–H and O–H groups in total. The summed E-state index contributed by atoms with van der Waals surface area (Å²) in [6, 6.07) is 0.